The summed E-state index contributed by atoms with van der Waals surface area (Å²) in [5.74, 6) is 1.59. The second-order valence-corrected chi connectivity index (χ2v) is 10.8. The number of nitrogens with one attached hydrogen (secondary N) is 2. The average molecular weight is 537 g/mol. The van der Waals surface area contributed by atoms with E-state index in [1.54, 1.807) is 7.11 Å². The molecule has 1 aliphatic carbocycles. The first kappa shape index (κ1) is 27.3. The summed E-state index contributed by atoms with van der Waals surface area (Å²) in [6.45, 7) is 9.54. The van der Waals surface area contributed by atoms with E-state index < -0.39 is 0 Å². The van der Waals surface area contributed by atoms with Gasteiger partial charge in [-0.05, 0) is 68.9 Å². The van der Waals surface area contributed by atoms with Gasteiger partial charge in [0.05, 0.1) is 26.9 Å². The molecule has 9 nitrogen and oxygen atoms in total. The lowest BCUT2D eigenvalue weighted by atomic mass is 9.84. The number of benzene rings is 2. The molecule has 2 fully saturated rings. The molecule has 0 spiro atoms. The van der Waals surface area contributed by atoms with Crippen molar-refractivity contribution >= 4 is 23.3 Å². The van der Waals surface area contributed by atoms with Gasteiger partial charge in [0, 0.05) is 54.6 Å². The number of rotatable bonds is 8. The number of nitrogens with zero attached hydrogens (tertiary/aromatic N) is 2. The van der Waals surface area contributed by atoms with Crippen LogP contribution in [0.2, 0.25) is 0 Å². The maximum atomic E-state index is 13.0. The first-order valence-electron chi connectivity index (χ1n) is 14.0. The quantitative estimate of drug-likeness (QED) is 0.514. The van der Waals surface area contributed by atoms with Gasteiger partial charge < -0.3 is 29.7 Å². The lowest BCUT2D eigenvalue weighted by molar-refractivity contribution is -0.121. The van der Waals surface area contributed by atoms with Gasteiger partial charge in [0.1, 0.15) is 18.1 Å². The Labute approximate surface area is 230 Å². The monoisotopic (exact) mass is 536 g/mol. The normalized spacial score (nSPS) is 21.6. The molecule has 1 saturated carbocycles. The van der Waals surface area contributed by atoms with E-state index in [4.69, 9.17) is 14.2 Å². The summed E-state index contributed by atoms with van der Waals surface area (Å²) in [7, 11) is 1.63. The van der Waals surface area contributed by atoms with Crippen LogP contribution in [0.4, 0.5) is 16.2 Å². The fourth-order valence-electron chi connectivity index (χ4n) is 5.84. The smallest absolute Gasteiger partial charge is 0.322 e. The Hall–Kier alpha value is -3.30. The zero-order valence-corrected chi connectivity index (χ0v) is 23.3. The van der Waals surface area contributed by atoms with E-state index in [1.807, 2.05) is 42.2 Å². The van der Waals surface area contributed by atoms with Crippen LogP contribution in [0.15, 0.2) is 30.3 Å². The van der Waals surface area contributed by atoms with Crippen molar-refractivity contribution < 1.29 is 23.8 Å². The van der Waals surface area contributed by atoms with Crippen molar-refractivity contribution in [3.8, 4) is 11.5 Å². The minimum atomic E-state index is -0.0677. The third-order valence-electron chi connectivity index (χ3n) is 8.33. The maximum absolute atomic E-state index is 13.0. The van der Waals surface area contributed by atoms with Crippen molar-refractivity contribution in [2.75, 3.05) is 57.2 Å². The molecular weight excluding hydrogens is 496 g/mol. The van der Waals surface area contributed by atoms with Crippen LogP contribution in [0.1, 0.15) is 42.4 Å². The zero-order chi connectivity index (χ0) is 27.4. The summed E-state index contributed by atoms with van der Waals surface area (Å²) in [5, 5.41) is 6.13. The Morgan fingerprint density at radius 2 is 1.85 bits per heavy atom. The molecule has 9 heteroatoms. The molecule has 1 saturated heterocycles. The fourth-order valence-corrected chi connectivity index (χ4v) is 5.84. The second-order valence-electron chi connectivity index (χ2n) is 10.8. The van der Waals surface area contributed by atoms with E-state index in [2.05, 4.69) is 22.5 Å². The fraction of sp³-hybridized carbons (Fsp3) is 0.533. The van der Waals surface area contributed by atoms with Crippen molar-refractivity contribution in [1.29, 1.82) is 0 Å². The summed E-state index contributed by atoms with van der Waals surface area (Å²) < 4.78 is 17.0. The minimum Gasteiger partial charge on any atom is -0.496 e. The van der Waals surface area contributed by atoms with Gasteiger partial charge in [0.2, 0.25) is 5.91 Å². The van der Waals surface area contributed by atoms with E-state index in [-0.39, 0.29) is 23.9 Å². The zero-order valence-electron chi connectivity index (χ0n) is 23.3. The van der Waals surface area contributed by atoms with Gasteiger partial charge in [-0.1, -0.05) is 6.07 Å². The van der Waals surface area contributed by atoms with Crippen LogP contribution in [0.5, 0.6) is 11.5 Å². The minimum absolute atomic E-state index is 0.0301. The number of carbonyl (C=O) groups excluding carboxylic acids is 2. The molecule has 2 aromatic rings. The van der Waals surface area contributed by atoms with Crippen LogP contribution in [0, 0.1) is 19.8 Å². The van der Waals surface area contributed by atoms with Crippen LogP contribution in [-0.2, 0) is 16.1 Å². The Balaban J connectivity index is 1.16. The molecule has 0 radical (unpaired) electrons. The van der Waals surface area contributed by atoms with E-state index in [9.17, 15) is 9.59 Å². The molecule has 2 N–H and O–H groups in total. The van der Waals surface area contributed by atoms with E-state index in [0.29, 0.717) is 13.2 Å². The van der Waals surface area contributed by atoms with E-state index in [0.717, 1.165) is 98.1 Å². The first-order chi connectivity index (χ1) is 18.9. The first-order valence-corrected chi connectivity index (χ1v) is 14.0. The molecular formula is C30H40N4O5. The van der Waals surface area contributed by atoms with Crippen molar-refractivity contribution in [3.05, 3.63) is 47.0 Å². The average Bonchev–Trinajstić information content (AvgIpc) is 2.96. The lowest BCUT2D eigenvalue weighted by Gasteiger charge is -2.39. The Morgan fingerprint density at radius 1 is 1.08 bits per heavy atom. The number of fused-ring (bicyclic) bond motifs is 1. The molecule has 0 bridgehead atoms. The predicted molar refractivity (Wildman–Crippen MR) is 151 cm³/mol. The van der Waals surface area contributed by atoms with E-state index >= 15 is 0 Å². The van der Waals surface area contributed by atoms with Crippen LogP contribution >= 0.6 is 0 Å². The Morgan fingerprint density at radius 3 is 2.59 bits per heavy atom. The number of hydrogen-bond donors (Lipinski definition) is 2. The van der Waals surface area contributed by atoms with Gasteiger partial charge in [-0.3, -0.25) is 9.69 Å². The topological polar surface area (TPSA) is 92.4 Å². The molecule has 3 amide bonds. The molecule has 39 heavy (non-hydrogen) atoms. The summed E-state index contributed by atoms with van der Waals surface area (Å²) in [5.41, 5.74) is 4.80. The molecule has 2 aliphatic heterocycles. The molecule has 3 aliphatic rings. The highest BCUT2D eigenvalue weighted by atomic mass is 16.5. The van der Waals surface area contributed by atoms with E-state index in [1.165, 1.54) is 0 Å². The number of hydrogen-bond acceptors (Lipinski definition) is 6. The van der Waals surface area contributed by atoms with Crippen LogP contribution in [0.25, 0.3) is 0 Å². The summed E-state index contributed by atoms with van der Waals surface area (Å²) >= 11 is 0. The number of amides is 3. The number of aryl methyl sites for hydroxylation is 1. The third kappa shape index (κ3) is 6.31. The molecule has 0 unspecified atom stereocenters. The summed E-state index contributed by atoms with van der Waals surface area (Å²) in [6, 6.07) is 9.65. The molecule has 210 valence electrons. The summed E-state index contributed by atoms with van der Waals surface area (Å²) in [6.07, 6.45) is 3.10. The standard InChI is InChI=1S/C30H40N4O5/c1-20-4-7-23(18-28(20)37-3)31-29(35)22-5-8-24(9-6-22)34-19-25-21(2)27(11-10-26(25)32-30(34)36)39-17-14-33-12-15-38-16-13-33/h4,7,10-11,18,22,24H,5-6,8-9,12-17,19H2,1-3H3,(H,31,35)(H,32,36). The number of morpholine rings is 1. The van der Waals surface area contributed by atoms with Crippen molar-refractivity contribution in [2.24, 2.45) is 5.92 Å². The molecule has 0 atom stereocenters. The predicted octanol–water partition coefficient (Wildman–Crippen LogP) is 4.57. The van der Waals surface area contributed by atoms with Gasteiger partial charge in [0.25, 0.3) is 0 Å². The molecule has 0 aromatic heterocycles. The molecule has 5 rings (SSSR count). The Bertz CT molecular complexity index is 1190. The number of anilines is 2. The van der Waals surface area contributed by atoms with Gasteiger partial charge in [-0.15, -0.1) is 0 Å². The van der Waals surface area contributed by atoms with Gasteiger partial charge >= 0.3 is 6.03 Å². The van der Waals surface area contributed by atoms with Gasteiger partial charge in [-0.2, -0.15) is 0 Å². The van der Waals surface area contributed by atoms with Crippen LogP contribution in [0.3, 0.4) is 0 Å². The van der Waals surface area contributed by atoms with Gasteiger partial charge in [-0.25, -0.2) is 4.79 Å². The highest BCUT2D eigenvalue weighted by Crippen LogP contribution is 2.36. The van der Waals surface area contributed by atoms with Crippen molar-refractivity contribution in [1.82, 2.24) is 9.80 Å². The third-order valence-corrected chi connectivity index (χ3v) is 8.33. The maximum Gasteiger partial charge on any atom is 0.322 e. The number of ether oxygens (including phenoxy) is 3. The highest BCUT2D eigenvalue weighted by Gasteiger charge is 2.35. The number of carbonyl (C=O) groups is 2. The SMILES string of the molecule is COc1cc(NC(=O)C2CCC(N3Cc4c(ccc(OCCN5CCOCC5)c4C)NC3=O)CC2)ccc1C. The van der Waals surface area contributed by atoms with Crippen molar-refractivity contribution in [2.45, 2.75) is 52.1 Å². The van der Waals surface area contributed by atoms with Crippen molar-refractivity contribution in [3.63, 3.8) is 0 Å². The number of methoxy groups -OCH3 is 1. The highest BCUT2D eigenvalue weighted by molar-refractivity contribution is 5.94. The molecule has 2 heterocycles. The number of urea groups is 1. The summed E-state index contributed by atoms with van der Waals surface area (Å²) in [4.78, 5) is 30.3. The van der Waals surface area contributed by atoms with Gasteiger partial charge in [0.15, 0.2) is 0 Å². The van der Waals surface area contributed by atoms with Crippen LogP contribution in [-0.4, -0.2) is 74.3 Å². The molecule has 2 aromatic carbocycles. The largest absolute Gasteiger partial charge is 0.496 e. The Kier molecular flexibility index (Phi) is 8.57. The van der Waals surface area contributed by atoms with Crippen LogP contribution < -0.4 is 20.1 Å². The second kappa shape index (κ2) is 12.3. The lowest BCUT2D eigenvalue weighted by Crippen LogP contribution is -2.47.